The zero-order valence-electron chi connectivity index (χ0n) is 8.80. The maximum atomic E-state index is 11.7. The summed E-state index contributed by atoms with van der Waals surface area (Å²) in [5.41, 5.74) is -0.0831. The van der Waals surface area contributed by atoms with E-state index in [1.807, 2.05) is 26.8 Å². The van der Waals surface area contributed by atoms with Crippen LogP contribution >= 0.6 is 34.2 Å². The SMILES string of the molecule is CC(C)(C)OC(=O)c1cc(I)ccc1Cl. The molecule has 0 spiro atoms. The summed E-state index contributed by atoms with van der Waals surface area (Å²) in [7, 11) is 0. The molecule has 0 N–H and O–H groups in total. The summed E-state index contributed by atoms with van der Waals surface area (Å²) in [4.78, 5) is 11.7. The third-order valence-electron chi connectivity index (χ3n) is 1.55. The molecule has 0 aliphatic rings. The van der Waals surface area contributed by atoms with E-state index in [1.54, 1.807) is 12.1 Å². The van der Waals surface area contributed by atoms with Gasteiger partial charge in [-0.3, -0.25) is 0 Å². The molecule has 1 rings (SSSR count). The average molecular weight is 339 g/mol. The van der Waals surface area contributed by atoms with E-state index in [2.05, 4.69) is 22.6 Å². The molecule has 0 amide bonds. The van der Waals surface area contributed by atoms with Gasteiger partial charge >= 0.3 is 5.97 Å². The third-order valence-corrected chi connectivity index (χ3v) is 2.55. The van der Waals surface area contributed by atoms with Gasteiger partial charge in [-0.2, -0.15) is 0 Å². The first kappa shape index (κ1) is 12.8. The van der Waals surface area contributed by atoms with Crippen molar-refractivity contribution in [3.8, 4) is 0 Å². The molecule has 0 radical (unpaired) electrons. The molecular weight excluding hydrogens is 326 g/mol. The number of esters is 1. The zero-order chi connectivity index (χ0) is 11.6. The van der Waals surface area contributed by atoms with E-state index < -0.39 is 5.60 Å². The van der Waals surface area contributed by atoms with Gasteiger partial charge in [-0.05, 0) is 61.6 Å². The molecular formula is C11H12ClIO2. The first-order chi connectivity index (χ1) is 6.79. The molecule has 1 aromatic rings. The Morgan fingerprint density at radius 3 is 2.53 bits per heavy atom. The van der Waals surface area contributed by atoms with Gasteiger partial charge in [0.1, 0.15) is 5.60 Å². The normalized spacial score (nSPS) is 11.3. The van der Waals surface area contributed by atoms with Crippen molar-refractivity contribution < 1.29 is 9.53 Å². The number of hydrogen-bond donors (Lipinski definition) is 0. The molecule has 0 saturated carbocycles. The lowest BCUT2D eigenvalue weighted by Crippen LogP contribution is -2.24. The maximum absolute atomic E-state index is 11.7. The maximum Gasteiger partial charge on any atom is 0.340 e. The van der Waals surface area contributed by atoms with Crippen LogP contribution in [0.3, 0.4) is 0 Å². The van der Waals surface area contributed by atoms with E-state index in [4.69, 9.17) is 16.3 Å². The number of carbonyl (C=O) groups excluding carboxylic acids is 1. The number of hydrogen-bond acceptors (Lipinski definition) is 2. The first-order valence-electron chi connectivity index (χ1n) is 4.48. The molecule has 0 atom stereocenters. The van der Waals surface area contributed by atoms with E-state index in [0.717, 1.165) is 3.57 Å². The Hall–Kier alpha value is -0.290. The highest BCUT2D eigenvalue weighted by atomic mass is 127. The molecule has 0 unspecified atom stereocenters. The quantitative estimate of drug-likeness (QED) is 0.573. The fourth-order valence-corrected chi connectivity index (χ4v) is 1.67. The van der Waals surface area contributed by atoms with E-state index >= 15 is 0 Å². The van der Waals surface area contributed by atoms with Gasteiger partial charge in [0.2, 0.25) is 0 Å². The lowest BCUT2D eigenvalue weighted by molar-refractivity contribution is 0.00697. The molecule has 15 heavy (non-hydrogen) atoms. The molecule has 4 heteroatoms. The monoisotopic (exact) mass is 338 g/mol. The largest absolute Gasteiger partial charge is 0.456 e. The van der Waals surface area contributed by atoms with Crippen molar-refractivity contribution in [2.24, 2.45) is 0 Å². The first-order valence-corrected chi connectivity index (χ1v) is 5.94. The van der Waals surface area contributed by atoms with Crippen LogP contribution in [0.2, 0.25) is 5.02 Å². The van der Waals surface area contributed by atoms with E-state index in [1.165, 1.54) is 0 Å². The lowest BCUT2D eigenvalue weighted by atomic mass is 10.1. The molecule has 0 aliphatic heterocycles. The Morgan fingerprint density at radius 1 is 1.40 bits per heavy atom. The van der Waals surface area contributed by atoms with Crippen LogP contribution in [-0.4, -0.2) is 11.6 Å². The van der Waals surface area contributed by atoms with Gasteiger partial charge in [-0.1, -0.05) is 11.6 Å². The molecule has 82 valence electrons. The lowest BCUT2D eigenvalue weighted by Gasteiger charge is -2.19. The Labute approximate surface area is 108 Å². The molecule has 2 nitrogen and oxygen atoms in total. The minimum Gasteiger partial charge on any atom is -0.456 e. The van der Waals surface area contributed by atoms with Crippen molar-refractivity contribution in [3.63, 3.8) is 0 Å². The summed E-state index contributed by atoms with van der Waals surface area (Å²) in [6, 6.07) is 5.26. The van der Waals surface area contributed by atoms with Crippen molar-refractivity contribution in [2.45, 2.75) is 26.4 Å². The summed E-state index contributed by atoms with van der Waals surface area (Å²) in [5, 5.41) is 0.421. The Balaban J connectivity index is 2.96. The molecule has 0 aromatic heterocycles. The van der Waals surface area contributed by atoms with Crippen LogP contribution in [0.1, 0.15) is 31.1 Å². The topological polar surface area (TPSA) is 26.3 Å². The average Bonchev–Trinajstić information content (AvgIpc) is 2.06. The van der Waals surface area contributed by atoms with Gasteiger partial charge < -0.3 is 4.74 Å². The Kier molecular flexibility index (Phi) is 4.00. The summed E-state index contributed by atoms with van der Waals surface area (Å²) in [5.74, 6) is -0.383. The van der Waals surface area contributed by atoms with E-state index in [-0.39, 0.29) is 5.97 Å². The van der Waals surface area contributed by atoms with E-state index in [9.17, 15) is 4.79 Å². The van der Waals surface area contributed by atoms with Gasteiger partial charge in [0.25, 0.3) is 0 Å². The summed E-state index contributed by atoms with van der Waals surface area (Å²) in [6.07, 6.45) is 0. The number of rotatable bonds is 1. The Morgan fingerprint density at radius 2 is 2.00 bits per heavy atom. The van der Waals surface area contributed by atoms with Crippen LogP contribution in [0, 0.1) is 3.57 Å². The second kappa shape index (κ2) is 4.70. The van der Waals surface area contributed by atoms with Crippen LogP contribution < -0.4 is 0 Å². The van der Waals surface area contributed by atoms with Crippen molar-refractivity contribution in [3.05, 3.63) is 32.4 Å². The van der Waals surface area contributed by atoms with Crippen molar-refractivity contribution in [1.29, 1.82) is 0 Å². The predicted molar refractivity (Wildman–Crippen MR) is 69.3 cm³/mol. The molecule has 0 bridgehead atoms. The third kappa shape index (κ3) is 3.99. The van der Waals surface area contributed by atoms with Crippen LogP contribution in [-0.2, 0) is 4.74 Å². The highest BCUT2D eigenvalue weighted by Crippen LogP contribution is 2.21. The Bertz CT molecular complexity index is 383. The molecule has 1 aromatic carbocycles. The minimum atomic E-state index is -0.498. The molecule has 0 saturated heterocycles. The predicted octanol–water partition coefficient (Wildman–Crippen LogP) is 3.90. The van der Waals surface area contributed by atoms with Gasteiger partial charge in [-0.25, -0.2) is 4.79 Å². The molecule has 0 fully saturated rings. The van der Waals surface area contributed by atoms with Crippen molar-refractivity contribution in [1.82, 2.24) is 0 Å². The van der Waals surface area contributed by atoms with Crippen LogP contribution in [0.4, 0.5) is 0 Å². The summed E-state index contributed by atoms with van der Waals surface area (Å²) in [6.45, 7) is 5.48. The van der Waals surface area contributed by atoms with Gasteiger partial charge in [0, 0.05) is 3.57 Å². The van der Waals surface area contributed by atoms with Crippen LogP contribution in [0.25, 0.3) is 0 Å². The second-order valence-corrected chi connectivity index (χ2v) is 5.78. The van der Waals surface area contributed by atoms with Crippen LogP contribution in [0.15, 0.2) is 18.2 Å². The number of carbonyl (C=O) groups is 1. The summed E-state index contributed by atoms with van der Waals surface area (Å²) >= 11 is 8.04. The second-order valence-electron chi connectivity index (χ2n) is 4.13. The fourth-order valence-electron chi connectivity index (χ4n) is 0.987. The van der Waals surface area contributed by atoms with Gasteiger partial charge in [0.15, 0.2) is 0 Å². The van der Waals surface area contributed by atoms with Crippen LogP contribution in [0.5, 0.6) is 0 Å². The van der Waals surface area contributed by atoms with E-state index in [0.29, 0.717) is 10.6 Å². The zero-order valence-corrected chi connectivity index (χ0v) is 11.7. The minimum absolute atomic E-state index is 0.383. The highest BCUT2D eigenvalue weighted by Gasteiger charge is 2.19. The standard InChI is InChI=1S/C11H12ClIO2/c1-11(2,3)15-10(14)8-6-7(13)4-5-9(8)12/h4-6H,1-3H3. The summed E-state index contributed by atoms with van der Waals surface area (Å²) < 4.78 is 6.19. The number of halogens is 2. The van der Waals surface area contributed by atoms with Crippen molar-refractivity contribution in [2.75, 3.05) is 0 Å². The smallest absolute Gasteiger partial charge is 0.340 e. The fraction of sp³-hybridized carbons (Fsp3) is 0.364. The van der Waals surface area contributed by atoms with Gasteiger partial charge in [0.05, 0.1) is 10.6 Å². The number of ether oxygens (including phenoxy) is 1. The molecule has 0 heterocycles. The molecule has 0 aliphatic carbocycles. The number of benzene rings is 1. The van der Waals surface area contributed by atoms with Gasteiger partial charge in [-0.15, -0.1) is 0 Å². The highest BCUT2D eigenvalue weighted by molar-refractivity contribution is 14.1. The van der Waals surface area contributed by atoms with Crippen molar-refractivity contribution >= 4 is 40.2 Å².